The molecule has 0 fully saturated rings. The fraction of sp³-hybridized carbons (Fsp3) is 0.417. The minimum absolute atomic E-state index is 0.435. The highest BCUT2D eigenvalue weighted by Gasteiger charge is 2.15. The van der Waals surface area contributed by atoms with Gasteiger partial charge in [-0.25, -0.2) is 0 Å². The minimum atomic E-state index is -0.779. The summed E-state index contributed by atoms with van der Waals surface area (Å²) in [6, 6.07) is 7.65. The maximum atomic E-state index is 10.7. The molecule has 0 aliphatic rings. The van der Waals surface area contributed by atoms with E-state index in [9.17, 15) is 4.79 Å². The standard InChI is InChI=1S/C12H16BrNO2/c1-9(12(15)16)14(2)8-7-10-3-5-11(13)6-4-10/h3-6,9H,7-8H2,1-2H3,(H,15,16)/t9-/m0/s1. The normalized spacial score (nSPS) is 12.8. The first kappa shape index (κ1) is 13.2. The zero-order valence-corrected chi connectivity index (χ0v) is 11.1. The van der Waals surface area contributed by atoms with Crippen LogP contribution in [0.4, 0.5) is 0 Å². The second-order valence-electron chi connectivity index (χ2n) is 3.87. The Hall–Kier alpha value is -0.870. The smallest absolute Gasteiger partial charge is 0.320 e. The largest absolute Gasteiger partial charge is 0.480 e. The molecule has 4 heteroatoms. The Balaban J connectivity index is 2.45. The summed E-state index contributed by atoms with van der Waals surface area (Å²) < 4.78 is 1.06. The number of rotatable bonds is 5. The molecule has 0 saturated carbocycles. The Morgan fingerprint density at radius 1 is 1.44 bits per heavy atom. The second kappa shape index (κ2) is 6.01. The van der Waals surface area contributed by atoms with Crippen LogP contribution in [0.25, 0.3) is 0 Å². The van der Waals surface area contributed by atoms with E-state index in [1.165, 1.54) is 5.56 Å². The molecule has 16 heavy (non-hydrogen) atoms. The van der Waals surface area contributed by atoms with Gasteiger partial charge in [0.25, 0.3) is 0 Å². The van der Waals surface area contributed by atoms with Crippen molar-refractivity contribution >= 4 is 21.9 Å². The van der Waals surface area contributed by atoms with Gasteiger partial charge in [-0.05, 0) is 38.1 Å². The lowest BCUT2D eigenvalue weighted by Gasteiger charge is -2.20. The SMILES string of the molecule is C[C@@H](C(=O)O)N(C)CCc1ccc(Br)cc1. The number of likely N-dealkylation sites (N-methyl/N-ethyl adjacent to an activating group) is 1. The molecule has 88 valence electrons. The van der Waals surface area contributed by atoms with E-state index < -0.39 is 12.0 Å². The Bertz CT molecular complexity index is 351. The van der Waals surface area contributed by atoms with Crippen LogP contribution >= 0.6 is 15.9 Å². The molecule has 0 unspecified atom stereocenters. The van der Waals surface area contributed by atoms with Gasteiger partial charge in [-0.1, -0.05) is 28.1 Å². The van der Waals surface area contributed by atoms with Crippen LogP contribution in [0.2, 0.25) is 0 Å². The molecule has 0 bridgehead atoms. The van der Waals surface area contributed by atoms with E-state index >= 15 is 0 Å². The Labute approximate surface area is 104 Å². The number of carboxylic acids is 1. The molecule has 0 amide bonds. The van der Waals surface area contributed by atoms with E-state index in [1.54, 1.807) is 6.92 Å². The van der Waals surface area contributed by atoms with Crippen molar-refractivity contribution in [1.82, 2.24) is 4.90 Å². The molecule has 0 saturated heterocycles. The first-order valence-electron chi connectivity index (χ1n) is 5.18. The number of benzene rings is 1. The van der Waals surface area contributed by atoms with Crippen LogP contribution < -0.4 is 0 Å². The van der Waals surface area contributed by atoms with Gasteiger partial charge in [-0.3, -0.25) is 9.69 Å². The number of hydrogen-bond acceptors (Lipinski definition) is 2. The molecule has 1 atom stereocenters. The number of carboxylic acid groups (broad SMARTS) is 1. The molecule has 3 nitrogen and oxygen atoms in total. The van der Waals surface area contributed by atoms with E-state index in [0.29, 0.717) is 0 Å². The van der Waals surface area contributed by atoms with Gasteiger partial charge in [0, 0.05) is 11.0 Å². The second-order valence-corrected chi connectivity index (χ2v) is 4.79. The van der Waals surface area contributed by atoms with E-state index in [4.69, 9.17) is 5.11 Å². The highest BCUT2D eigenvalue weighted by atomic mass is 79.9. The van der Waals surface area contributed by atoms with Gasteiger partial charge in [0.15, 0.2) is 0 Å². The quantitative estimate of drug-likeness (QED) is 0.903. The number of hydrogen-bond donors (Lipinski definition) is 1. The van der Waals surface area contributed by atoms with E-state index in [1.807, 2.05) is 36.2 Å². The van der Waals surface area contributed by atoms with Crippen molar-refractivity contribution < 1.29 is 9.90 Å². The average molecular weight is 286 g/mol. The van der Waals surface area contributed by atoms with Crippen molar-refractivity contribution in [1.29, 1.82) is 0 Å². The maximum Gasteiger partial charge on any atom is 0.320 e. The van der Waals surface area contributed by atoms with Gasteiger partial charge in [0.05, 0.1) is 0 Å². The van der Waals surface area contributed by atoms with Crippen LogP contribution in [0.15, 0.2) is 28.7 Å². The molecular weight excluding hydrogens is 270 g/mol. The predicted molar refractivity (Wildman–Crippen MR) is 67.6 cm³/mol. The fourth-order valence-electron chi connectivity index (χ4n) is 1.34. The predicted octanol–water partition coefficient (Wildman–Crippen LogP) is 2.40. The van der Waals surface area contributed by atoms with Crippen molar-refractivity contribution in [3.63, 3.8) is 0 Å². The highest BCUT2D eigenvalue weighted by molar-refractivity contribution is 9.10. The number of carbonyl (C=O) groups is 1. The zero-order valence-electron chi connectivity index (χ0n) is 9.48. The lowest BCUT2D eigenvalue weighted by Crippen LogP contribution is -2.37. The monoisotopic (exact) mass is 285 g/mol. The van der Waals surface area contributed by atoms with Gasteiger partial charge in [0.2, 0.25) is 0 Å². The van der Waals surface area contributed by atoms with E-state index in [2.05, 4.69) is 15.9 Å². The number of nitrogens with zero attached hydrogens (tertiary/aromatic N) is 1. The first-order chi connectivity index (χ1) is 7.50. The van der Waals surface area contributed by atoms with Gasteiger partial charge in [-0.2, -0.15) is 0 Å². The fourth-order valence-corrected chi connectivity index (χ4v) is 1.60. The average Bonchev–Trinajstić information content (AvgIpc) is 2.26. The van der Waals surface area contributed by atoms with Gasteiger partial charge in [-0.15, -0.1) is 0 Å². The molecule has 1 rings (SSSR count). The molecule has 1 aromatic carbocycles. The number of aliphatic carboxylic acids is 1. The topological polar surface area (TPSA) is 40.5 Å². The first-order valence-corrected chi connectivity index (χ1v) is 5.97. The van der Waals surface area contributed by atoms with Gasteiger partial charge >= 0.3 is 5.97 Å². The zero-order chi connectivity index (χ0) is 12.1. The third-order valence-electron chi connectivity index (χ3n) is 2.68. The van der Waals surface area contributed by atoms with Crippen LogP contribution in [-0.4, -0.2) is 35.6 Å². The summed E-state index contributed by atoms with van der Waals surface area (Å²) in [5, 5.41) is 8.84. The Morgan fingerprint density at radius 3 is 2.50 bits per heavy atom. The van der Waals surface area contributed by atoms with Crippen LogP contribution in [0, 0.1) is 0 Å². The molecule has 0 spiro atoms. The van der Waals surface area contributed by atoms with Crippen LogP contribution in [0.3, 0.4) is 0 Å². The van der Waals surface area contributed by atoms with Crippen molar-refractivity contribution in [2.24, 2.45) is 0 Å². The molecule has 0 radical (unpaired) electrons. The minimum Gasteiger partial charge on any atom is -0.480 e. The molecule has 0 aliphatic heterocycles. The third-order valence-corrected chi connectivity index (χ3v) is 3.21. The lowest BCUT2D eigenvalue weighted by molar-refractivity contribution is -0.142. The summed E-state index contributed by atoms with van der Waals surface area (Å²) in [7, 11) is 1.83. The Morgan fingerprint density at radius 2 is 2.00 bits per heavy atom. The van der Waals surface area contributed by atoms with Crippen molar-refractivity contribution in [3.05, 3.63) is 34.3 Å². The molecule has 1 aromatic rings. The third kappa shape index (κ3) is 3.94. The van der Waals surface area contributed by atoms with Gasteiger partial charge in [0.1, 0.15) is 6.04 Å². The van der Waals surface area contributed by atoms with E-state index in [-0.39, 0.29) is 0 Å². The van der Waals surface area contributed by atoms with Crippen LogP contribution in [0.5, 0.6) is 0 Å². The summed E-state index contributed by atoms with van der Waals surface area (Å²) >= 11 is 3.38. The van der Waals surface area contributed by atoms with Crippen LogP contribution in [-0.2, 0) is 11.2 Å². The highest BCUT2D eigenvalue weighted by Crippen LogP contribution is 2.11. The molecule has 0 aliphatic carbocycles. The maximum absolute atomic E-state index is 10.7. The number of halogens is 1. The van der Waals surface area contributed by atoms with E-state index in [0.717, 1.165) is 17.4 Å². The van der Waals surface area contributed by atoms with Crippen molar-refractivity contribution in [2.45, 2.75) is 19.4 Å². The summed E-state index contributed by atoms with van der Waals surface area (Å²) in [5.74, 6) is -0.779. The summed E-state index contributed by atoms with van der Waals surface area (Å²) in [5.41, 5.74) is 1.22. The van der Waals surface area contributed by atoms with Crippen molar-refractivity contribution in [2.75, 3.05) is 13.6 Å². The lowest BCUT2D eigenvalue weighted by atomic mass is 10.1. The molecular formula is C12H16BrNO2. The van der Waals surface area contributed by atoms with Crippen LogP contribution in [0.1, 0.15) is 12.5 Å². The summed E-state index contributed by atoms with van der Waals surface area (Å²) in [6.07, 6.45) is 0.862. The van der Waals surface area contributed by atoms with Crippen molar-refractivity contribution in [3.8, 4) is 0 Å². The molecule has 0 aromatic heterocycles. The molecule has 1 N–H and O–H groups in total. The van der Waals surface area contributed by atoms with Gasteiger partial charge < -0.3 is 5.11 Å². The summed E-state index contributed by atoms with van der Waals surface area (Å²) in [4.78, 5) is 12.6. The Kier molecular flexibility index (Phi) is 4.96. The molecule has 0 heterocycles. The summed E-state index contributed by atoms with van der Waals surface area (Å²) in [6.45, 7) is 2.44.